The molecule has 3 rings (SSSR count). The third-order valence-electron chi connectivity index (χ3n) is 3.73. The predicted molar refractivity (Wildman–Crippen MR) is 87.9 cm³/mol. The highest BCUT2D eigenvalue weighted by Crippen LogP contribution is 2.15. The molecule has 2 aromatic carbocycles. The number of hydrogen-bond acceptors (Lipinski definition) is 3. The van der Waals surface area contributed by atoms with Crippen molar-refractivity contribution in [3.63, 3.8) is 0 Å². The van der Waals surface area contributed by atoms with Crippen molar-refractivity contribution in [2.24, 2.45) is 0 Å². The minimum atomic E-state index is -0.652. The van der Waals surface area contributed by atoms with E-state index in [2.05, 4.69) is 5.10 Å². The SMILES string of the molecule is N#Cc1cccc(Cn2nc(Cc3c(F)cccc3F)ccc2=O)c1. The van der Waals surface area contributed by atoms with E-state index in [4.69, 9.17) is 5.26 Å². The van der Waals surface area contributed by atoms with Crippen LogP contribution in [0.15, 0.2) is 59.4 Å². The third-order valence-corrected chi connectivity index (χ3v) is 3.73. The summed E-state index contributed by atoms with van der Waals surface area (Å²) < 4.78 is 28.8. The van der Waals surface area contributed by atoms with E-state index < -0.39 is 11.6 Å². The summed E-state index contributed by atoms with van der Waals surface area (Å²) in [5.74, 6) is -1.30. The summed E-state index contributed by atoms with van der Waals surface area (Å²) in [5, 5.41) is 13.1. The average molecular weight is 337 g/mol. The number of rotatable bonds is 4. The Labute approximate surface area is 142 Å². The number of aromatic nitrogens is 2. The lowest BCUT2D eigenvalue weighted by Crippen LogP contribution is -2.24. The van der Waals surface area contributed by atoms with E-state index in [0.29, 0.717) is 11.3 Å². The molecular formula is C19H13F2N3O. The van der Waals surface area contributed by atoms with Crippen LogP contribution in [0.4, 0.5) is 8.78 Å². The third kappa shape index (κ3) is 3.78. The summed E-state index contributed by atoms with van der Waals surface area (Å²) in [6.45, 7) is 0.169. The van der Waals surface area contributed by atoms with Crippen LogP contribution >= 0.6 is 0 Å². The Balaban J connectivity index is 1.90. The number of nitrogens with zero attached hydrogens (tertiary/aromatic N) is 3. The first kappa shape index (κ1) is 16.5. The fraction of sp³-hybridized carbons (Fsp3) is 0.105. The van der Waals surface area contributed by atoms with Gasteiger partial charge < -0.3 is 0 Å². The molecule has 124 valence electrons. The van der Waals surface area contributed by atoms with Crippen LogP contribution in [0, 0.1) is 23.0 Å². The van der Waals surface area contributed by atoms with E-state index in [1.54, 1.807) is 24.3 Å². The van der Waals surface area contributed by atoms with Crippen LogP contribution in [0.25, 0.3) is 0 Å². The van der Waals surface area contributed by atoms with Crippen molar-refractivity contribution in [3.05, 3.63) is 99.0 Å². The molecule has 0 amide bonds. The maximum atomic E-state index is 13.8. The molecule has 0 aliphatic rings. The summed E-state index contributed by atoms with van der Waals surface area (Å²) >= 11 is 0. The second-order valence-electron chi connectivity index (χ2n) is 5.51. The zero-order valence-corrected chi connectivity index (χ0v) is 13.1. The number of benzene rings is 2. The molecule has 0 radical (unpaired) electrons. The van der Waals surface area contributed by atoms with Crippen molar-refractivity contribution < 1.29 is 8.78 Å². The lowest BCUT2D eigenvalue weighted by atomic mass is 10.1. The predicted octanol–water partition coefficient (Wildman–Crippen LogP) is 3.03. The molecular weight excluding hydrogens is 324 g/mol. The highest BCUT2D eigenvalue weighted by molar-refractivity contribution is 5.33. The topological polar surface area (TPSA) is 58.7 Å². The molecule has 0 aliphatic carbocycles. The Hall–Kier alpha value is -3.33. The van der Waals surface area contributed by atoms with E-state index in [9.17, 15) is 13.6 Å². The summed E-state index contributed by atoms with van der Waals surface area (Å²) in [6, 6.07) is 15.3. The van der Waals surface area contributed by atoms with Gasteiger partial charge in [-0.3, -0.25) is 4.79 Å². The summed E-state index contributed by atoms with van der Waals surface area (Å²) in [5.41, 5.74) is 1.17. The minimum absolute atomic E-state index is 0.0585. The van der Waals surface area contributed by atoms with Gasteiger partial charge in [-0.2, -0.15) is 10.4 Å². The van der Waals surface area contributed by atoms with Gasteiger partial charge >= 0.3 is 0 Å². The Morgan fingerprint density at radius 1 is 1.04 bits per heavy atom. The fourth-order valence-electron chi connectivity index (χ4n) is 2.49. The highest BCUT2D eigenvalue weighted by Gasteiger charge is 2.11. The van der Waals surface area contributed by atoms with Gasteiger partial charge in [-0.15, -0.1) is 0 Å². The molecule has 4 nitrogen and oxygen atoms in total. The highest BCUT2D eigenvalue weighted by atomic mass is 19.1. The van der Waals surface area contributed by atoms with Gasteiger partial charge in [-0.05, 0) is 35.9 Å². The standard InChI is InChI=1S/C19H13F2N3O/c20-17-5-2-6-18(21)16(17)10-15-7-8-19(25)24(23-15)12-14-4-1-3-13(9-14)11-22/h1-9H,10,12H2. The molecule has 0 bridgehead atoms. The van der Waals surface area contributed by atoms with E-state index in [-0.39, 0.29) is 24.1 Å². The average Bonchev–Trinajstić information content (AvgIpc) is 2.61. The smallest absolute Gasteiger partial charge is 0.267 e. The van der Waals surface area contributed by atoms with Crippen LogP contribution in [0.5, 0.6) is 0 Å². The molecule has 0 saturated heterocycles. The van der Waals surface area contributed by atoms with Gasteiger partial charge in [0.05, 0.1) is 23.9 Å². The second-order valence-corrected chi connectivity index (χ2v) is 5.51. The molecule has 6 heteroatoms. The molecule has 0 spiro atoms. The van der Waals surface area contributed by atoms with Crippen molar-refractivity contribution in [1.82, 2.24) is 9.78 Å². The first-order valence-electron chi connectivity index (χ1n) is 7.56. The maximum absolute atomic E-state index is 13.8. The molecule has 1 heterocycles. The van der Waals surface area contributed by atoms with Crippen molar-refractivity contribution >= 4 is 0 Å². The normalized spacial score (nSPS) is 10.4. The molecule has 0 aliphatic heterocycles. The number of halogens is 2. The fourth-order valence-corrected chi connectivity index (χ4v) is 2.49. The monoisotopic (exact) mass is 337 g/mol. The minimum Gasteiger partial charge on any atom is -0.268 e. The van der Waals surface area contributed by atoms with Crippen molar-refractivity contribution in [2.75, 3.05) is 0 Å². The molecule has 0 saturated carbocycles. The Morgan fingerprint density at radius 2 is 1.76 bits per heavy atom. The molecule has 0 unspecified atom stereocenters. The van der Waals surface area contributed by atoms with Gasteiger partial charge in [0.25, 0.3) is 5.56 Å². The van der Waals surface area contributed by atoms with Crippen LogP contribution in [0.2, 0.25) is 0 Å². The first-order chi connectivity index (χ1) is 12.1. The van der Waals surface area contributed by atoms with Gasteiger partial charge in [0.1, 0.15) is 11.6 Å². The summed E-state index contributed by atoms with van der Waals surface area (Å²) in [4.78, 5) is 12.0. The van der Waals surface area contributed by atoms with Crippen LogP contribution in [0.3, 0.4) is 0 Å². The van der Waals surface area contributed by atoms with Gasteiger partial charge in [0, 0.05) is 18.1 Å². The van der Waals surface area contributed by atoms with Crippen molar-refractivity contribution in [1.29, 1.82) is 5.26 Å². The molecule has 0 N–H and O–H groups in total. The van der Waals surface area contributed by atoms with Crippen LogP contribution in [0.1, 0.15) is 22.4 Å². The summed E-state index contributed by atoms with van der Waals surface area (Å²) in [7, 11) is 0. The largest absolute Gasteiger partial charge is 0.268 e. The number of nitriles is 1. The lowest BCUT2D eigenvalue weighted by Gasteiger charge is -2.09. The molecule has 1 aromatic heterocycles. The van der Waals surface area contributed by atoms with E-state index in [0.717, 1.165) is 5.56 Å². The van der Waals surface area contributed by atoms with E-state index in [1.165, 1.54) is 35.0 Å². The van der Waals surface area contributed by atoms with E-state index >= 15 is 0 Å². The molecule has 0 atom stereocenters. The Morgan fingerprint density at radius 3 is 2.48 bits per heavy atom. The molecule has 3 aromatic rings. The Kier molecular flexibility index (Phi) is 4.66. The zero-order valence-electron chi connectivity index (χ0n) is 13.1. The van der Waals surface area contributed by atoms with Crippen molar-refractivity contribution in [2.45, 2.75) is 13.0 Å². The number of hydrogen-bond donors (Lipinski definition) is 0. The van der Waals surface area contributed by atoms with Crippen LogP contribution < -0.4 is 5.56 Å². The van der Waals surface area contributed by atoms with Crippen LogP contribution in [-0.2, 0) is 13.0 Å². The lowest BCUT2D eigenvalue weighted by molar-refractivity contribution is 0.555. The van der Waals surface area contributed by atoms with Gasteiger partial charge in [-0.25, -0.2) is 13.5 Å². The van der Waals surface area contributed by atoms with E-state index in [1.807, 2.05) is 6.07 Å². The quantitative estimate of drug-likeness (QED) is 0.735. The Bertz CT molecular complexity index is 1000. The van der Waals surface area contributed by atoms with Crippen molar-refractivity contribution in [3.8, 4) is 6.07 Å². The van der Waals surface area contributed by atoms with Gasteiger partial charge in [-0.1, -0.05) is 18.2 Å². The van der Waals surface area contributed by atoms with Gasteiger partial charge in [0.15, 0.2) is 0 Å². The summed E-state index contributed by atoms with van der Waals surface area (Å²) in [6.07, 6.45) is -0.0585. The first-order valence-corrected chi connectivity index (χ1v) is 7.56. The zero-order chi connectivity index (χ0) is 17.8. The molecule has 0 fully saturated rings. The van der Waals surface area contributed by atoms with Gasteiger partial charge in [0.2, 0.25) is 0 Å². The second kappa shape index (κ2) is 7.05. The van der Waals surface area contributed by atoms with Crippen LogP contribution in [-0.4, -0.2) is 9.78 Å². The maximum Gasteiger partial charge on any atom is 0.267 e. The molecule has 25 heavy (non-hydrogen) atoms.